The number of nitrogens with zero attached hydrogens (tertiary/aromatic N) is 1. The second-order valence-corrected chi connectivity index (χ2v) is 6.51. The Balaban J connectivity index is 1.93. The lowest BCUT2D eigenvalue weighted by atomic mass is 9.87. The van der Waals surface area contributed by atoms with E-state index in [0.29, 0.717) is 4.99 Å². The van der Waals surface area contributed by atoms with Crippen LogP contribution in [0.3, 0.4) is 0 Å². The first-order chi connectivity index (χ1) is 9.00. The van der Waals surface area contributed by atoms with E-state index in [-0.39, 0.29) is 5.41 Å². The highest BCUT2D eigenvalue weighted by atomic mass is 32.1. The molecule has 0 spiro atoms. The fourth-order valence-electron chi connectivity index (χ4n) is 2.68. The van der Waals surface area contributed by atoms with Gasteiger partial charge in [-0.1, -0.05) is 44.3 Å². The Hall–Kier alpha value is -1.09. The third-order valence-electron chi connectivity index (χ3n) is 4.10. The van der Waals surface area contributed by atoms with E-state index in [1.54, 1.807) is 0 Å². The van der Waals surface area contributed by atoms with E-state index in [9.17, 15) is 0 Å². The molecule has 2 N–H and O–H groups in total. The van der Waals surface area contributed by atoms with Crippen LogP contribution in [-0.2, 0) is 6.42 Å². The van der Waals surface area contributed by atoms with Crippen LogP contribution in [0.4, 0.5) is 5.69 Å². The second kappa shape index (κ2) is 5.91. The summed E-state index contributed by atoms with van der Waals surface area (Å²) >= 11 is 5.13. The van der Waals surface area contributed by atoms with Crippen LogP contribution in [0.2, 0.25) is 0 Å². The van der Waals surface area contributed by atoms with Gasteiger partial charge in [-0.2, -0.15) is 0 Å². The maximum Gasteiger partial charge on any atom is 0.0784 e. The summed E-state index contributed by atoms with van der Waals surface area (Å²) in [6, 6.07) is 8.77. The third-order valence-corrected chi connectivity index (χ3v) is 4.66. The molecule has 0 unspecified atom stereocenters. The number of thiocarbonyl (C=S) groups is 1. The van der Waals surface area contributed by atoms with Gasteiger partial charge in [-0.05, 0) is 37.3 Å². The molecule has 1 aromatic rings. The summed E-state index contributed by atoms with van der Waals surface area (Å²) in [5.41, 5.74) is 8.67. The molecular formula is C16H24N2S. The first-order valence-electron chi connectivity index (χ1n) is 7.13. The zero-order chi connectivity index (χ0) is 13.9. The Morgan fingerprint density at radius 1 is 1.37 bits per heavy atom. The van der Waals surface area contributed by atoms with E-state index in [1.165, 1.54) is 30.6 Å². The Morgan fingerprint density at radius 2 is 2.11 bits per heavy atom. The second-order valence-electron chi connectivity index (χ2n) is 6.07. The molecule has 3 heteroatoms. The SMILES string of the molecule is CC(C)(CCCN1CCCc2ccccc21)C(N)=S. The maximum atomic E-state index is 5.78. The molecule has 2 nitrogen and oxygen atoms in total. The Morgan fingerprint density at radius 3 is 2.84 bits per heavy atom. The number of benzene rings is 1. The van der Waals surface area contributed by atoms with E-state index >= 15 is 0 Å². The third kappa shape index (κ3) is 3.47. The zero-order valence-electron chi connectivity index (χ0n) is 12.0. The van der Waals surface area contributed by atoms with Crippen molar-refractivity contribution in [1.29, 1.82) is 0 Å². The van der Waals surface area contributed by atoms with Crippen LogP contribution in [0.15, 0.2) is 24.3 Å². The molecule has 0 aromatic heterocycles. The number of aryl methyl sites for hydroxylation is 1. The molecule has 0 bridgehead atoms. The van der Waals surface area contributed by atoms with Crippen molar-refractivity contribution >= 4 is 22.9 Å². The Labute approximate surface area is 122 Å². The van der Waals surface area contributed by atoms with Crippen LogP contribution in [0.1, 0.15) is 38.7 Å². The maximum absolute atomic E-state index is 5.78. The lowest BCUT2D eigenvalue weighted by Crippen LogP contribution is -2.33. The van der Waals surface area contributed by atoms with E-state index in [0.717, 1.165) is 19.4 Å². The lowest BCUT2D eigenvalue weighted by molar-refractivity contribution is 0.456. The largest absolute Gasteiger partial charge is 0.393 e. The van der Waals surface area contributed by atoms with Crippen LogP contribution >= 0.6 is 12.2 Å². The van der Waals surface area contributed by atoms with Crippen molar-refractivity contribution < 1.29 is 0 Å². The molecule has 0 fully saturated rings. The molecule has 1 aliphatic heterocycles. The molecule has 0 aliphatic carbocycles. The highest BCUT2D eigenvalue weighted by molar-refractivity contribution is 7.80. The van der Waals surface area contributed by atoms with Crippen LogP contribution < -0.4 is 10.6 Å². The van der Waals surface area contributed by atoms with E-state index in [2.05, 4.69) is 43.0 Å². The van der Waals surface area contributed by atoms with Crippen LogP contribution in [0.25, 0.3) is 0 Å². The summed E-state index contributed by atoms with van der Waals surface area (Å²) in [4.78, 5) is 3.14. The standard InChI is InChI=1S/C16H24N2S/c1-16(2,15(17)19)10-6-12-18-11-5-8-13-7-3-4-9-14(13)18/h3-4,7,9H,5-6,8,10-12H2,1-2H3,(H2,17,19). The summed E-state index contributed by atoms with van der Waals surface area (Å²) in [5.74, 6) is 0. The lowest BCUT2D eigenvalue weighted by Gasteiger charge is -2.32. The fourth-order valence-corrected chi connectivity index (χ4v) is 2.78. The van der Waals surface area contributed by atoms with Crippen molar-refractivity contribution in [2.75, 3.05) is 18.0 Å². The van der Waals surface area contributed by atoms with Gasteiger partial charge in [0, 0.05) is 24.2 Å². The molecule has 1 aliphatic rings. The van der Waals surface area contributed by atoms with E-state index in [1.807, 2.05) is 0 Å². The number of hydrogen-bond acceptors (Lipinski definition) is 2. The summed E-state index contributed by atoms with van der Waals surface area (Å²) in [6.45, 7) is 6.55. The molecule has 104 valence electrons. The van der Waals surface area contributed by atoms with Gasteiger partial charge in [-0.25, -0.2) is 0 Å². The Bertz CT molecular complexity index is 454. The molecule has 1 heterocycles. The molecule has 1 aromatic carbocycles. The van der Waals surface area contributed by atoms with Gasteiger partial charge in [0.15, 0.2) is 0 Å². The number of anilines is 1. The summed E-state index contributed by atoms with van der Waals surface area (Å²) < 4.78 is 0. The van der Waals surface area contributed by atoms with Crippen LogP contribution in [0, 0.1) is 5.41 Å². The van der Waals surface area contributed by atoms with Crippen molar-refractivity contribution in [2.24, 2.45) is 11.1 Å². The number of hydrogen-bond donors (Lipinski definition) is 1. The normalized spacial score (nSPS) is 15.2. The van der Waals surface area contributed by atoms with Gasteiger partial charge in [-0.15, -0.1) is 0 Å². The molecule has 0 amide bonds. The first-order valence-corrected chi connectivity index (χ1v) is 7.54. The smallest absolute Gasteiger partial charge is 0.0784 e. The van der Waals surface area contributed by atoms with Gasteiger partial charge in [0.05, 0.1) is 4.99 Å². The van der Waals surface area contributed by atoms with Gasteiger partial charge < -0.3 is 10.6 Å². The summed E-state index contributed by atoms with van der Waals surface area (Å²) in [7, 11) is 0. The van der Waals surface area contributed by atoms with Gasteiger partial charge >= 0.3 is 0 Å². The molecule has 0 saturated carbocycles. The van der Waals surface area contributed by atoms with Crippen LogP contribution in [-0.4, -0.2) is 18.1 Å². The average molecular weight is 276 g/mol. The number of rotatable bonds is 5. The van der Waals surface area contributed by atoms with Gasteiger partial charge in [0.2, 0.25) is 0 Å². The highest BCUT2D eigenvalue weighted by Crippen LogP contribution is 2.28. The van der Waals surface area contributed by atoms with Crippen molar-refractivity contribution in [1.82, 2.24) is 0 Å². The molecule has 2 rings (SSSR count). The van der Waals surface area contributed by atoms with Crippen molar-refractivity contribution in [3.05, 3.63) is 29.8 Å². The van der Waals surface area contributed by atoms with Crippen molar-refractivity contribution in [2.45, 2.75) is 39.5 Å². The fraction of sp³-hybridized carbons (Fsp3) is 0.562. The van der Waals surface area contributed by atoms with Gasteiger partial charge in [0.25, 0.3) is 0 Å². The Kier molecular flexibility index (Phi) is 4.46. The average Bonchev–Trinajstić information content (AvgIpc) is 2.38. The highest BCUT2D eigenvalue weighted by Gasteiger charge is 2.22. The van der Waals surface area contributed by atoms with E-state index < -0.39 is 0 Å². The predicted octanol–water partition coefficient (Wildman–Crippen LogP) is 3.53. The minimum absolute atomic E-state index is 0.0232. The minimum atomic E-state index is -0.0232. The first kappa shape index (κ1) is 14.3. The summed E-state index contributed by atoms with van der Waals surface area (Å²) in [6.07, 6.45) is 4.67. The van der Waals surface area contributed by atoms with Crippen molar-refractivity contribution in [3.8, 4) is 0 Å². The topological polar surface area (TPSA) is 29.3 Å². The molecule has 19 heavy (non-hydrogen) atoms. The van der Waals surface area contributed by atoms with Crippen molar-refractivity contribution in [3.63, 3.8) is 0 Å². The predicted molar refractivity (Wildman–Crippen MR) is 86.8 cm³/mol. The van der Waals surface area contributed by atoms with Crippen LogP contribution in [0.5, 0.6) is 0 Å². The molecule has 0 atom stereocenters. The van der Waals surface area contributed by atoms with Gasteiger partial charge in [-0.3, -0.25) is 0 Å². The zero-order valence-corrected chi connectivity index (χ0v) is 12.8. The molecular weight excluding hydrogens is 252 g/mol. The van der Waals surface area contributed by atoms with E-state index in [4.69, 9.17) is 18.0 Å². The minimum Gasteiger partial charge on any atom is -0.393 e. The van der Waals surface area contributed by atoms with Gasteiger partial charge in [0.1, 0.15) is 0 Å². The summed E-state index contributed by atoms with van der Waals surface area (Å²) in [5, 5.41) is 0. The number of fused-ring (bicyclic) bond motifs is 1. The quantitative estimate of drug-likeness (QED) is 0.834. The molecule has 0 saturated heterocycles. The number of nitrogens with two attached hydrogens (primary N) is 1. The molecule has 0 radical (unpaired) electrons. The monoisotopic (exact) mass is 276 g/mol. The number of para-hydroxylation sites is 1.